The van der Waals surface area contributed by atoms with Crippen molar-refractivity contribution in [2.24, 2.45) is 0 Å². The quantitative estimate of drug-likeness (QED) is 0.579. The molecule has 5 heterocycles. The number of pyridine rings is 2. The molecule has 0 bridgehead atoms. The molecule has 3 aliphatic heterocycles. The zero-order valence-corrected chi connectivity index (χ0v) is 19.6. The van der Waals surface area contributed by atoms with Gasteiger partial charge in [-0.2, -0.15) is 0 Å². The van der Waals surface area contributed by atoms with Crippen LogP contribution in [0.1, 0.15) is 30.0 Å². The molecular weight excluding hydrogens is 455 g/mol. The van der Waals surface area contributed by atoms with Crippen LogP contribution in [0.4, 0.5) is 4.39 Å². The number of thioether (sulfide) groups is 1. The van der Waals surface area contributed by atoms with Crippen molar-refractivity contribution in [1.29, 1.82) is 0 Å². The second-order valence-electron chi connectivity index (χ2n) is 9.34. The van der Waals surface area contributed by atoms with Gasteiger partial charge >= 0.3 is 0 Å². The number of aromatic nitrogens is 2. The molecule has 34 heavy (non-hydrogen) atoms. The Labute approximate surface area is 200 Å². The lowest BCUT2D eigenvalue weighted by molar-refractivity contribution is 0.0363. The fraction of sp³-hybridized carbons (Fsp3) is 0.440. The van der Waals surface area contributed by atoms with E-state index in [0.29, 0.717) is 44.1 Å². The summed E-state index contributed by atoms with van der Waals surface area (Å²) in [6.07, 6.45) is 2.77. The smallest absolute Gasteiger partial charge is 0.251 e. The summed E-state index contributed by atoms with van der Waals surface area (Å²) in [4.78, 5) is 20.1. The molecule has 7 nitrogen and oxygen atoms in total. The minimum atomic E-state index is -0.514. The van der Waals surface area contributed by atoms with E-state index in [1.807, 2.05) is 6.07 Å². The van der Waals surface area contributed by atoms with Crippen molar-refractivity contribution >= 4 is 22.7 Å². The summed E-state index contributed by atoms with van der Waals surface area (Å²) in [6.45, 7) is 3.22. The predicted octanol–water partition coefficient (Wildman–Crippen LogP) is 2.69. The number of aliphatic hydroxyl groups is 1. The number of benzene rings is 1. The summed E-state index contributed by atoms with van der Waals surface area (Å²) in [6, 6.07) is 8.62. The van der Waals surface area contributed by atoms with Gasteiger partial charge in [-0.25, -0.2) is 4.39 Å². The summed E-state index contributed by atoms with van der Waals surface area (Å²) in [5, 5.41) is 15.2. The lowest BCUT2D eigenvalue weighted by Gasteiger charge is -2.39. The minimum absolute atomic E-state index is 0.00228. The van der Waals surface area contributed by atoms with E-state index in [1.54, 1.807) is 40.7 Å². The van der Waals surface area contributed by atoms with Gasteiger partial charge in [0.2, 0.25) is 0 Å². The Morgan fingerprint density at radius 2 is 2.12 bits per heavy atom. The van der Waals surface area contributed by atoms with Crippen LogP contribution >= 0.6 is 11.8 Å². The van der Waals surface area contributed by atoms with Crippen LogP contribution in [0.15, 0.2) is 46.2 Å². The average Bonchev–Trinajstić information content (AvgIpc) is 3.31. The maximum Gasteiger partial charge on any atom is 0.251 e. The minimum Gasteiger partial charge on any atom is -0.480 e. The highest BCUT2D eigenvalue weighted by Crippen LogP contribution is 2.36. The number of nitrogens with one attached hydrogen (secondary N) is 1. The van der Waals surface area contributed by atoms with E-state index in [4.69, 9.17) is 4.74 Å². The third-order valence-electron chi connectivity index (χ3n) is 7.25. The van der Waals surface area contributed by atoms with Crippen molar-refractivity contribution in [1.82, 2.24) is 19.8 Å². The number of likely N-dealkylation sites (tertiary alicyclic amines) is 1. The van der Waals surface area contributed by atoms with Crippen molar-refractivity contribution in [3.05, 3.63) is 64.0 Å². The fourth-order valence-corrected chi connectivity index (χ4v) is 6.29. The molecule has 2 aromatic heterocycles. The Balaban J connectivity index is 1.11. The molecule has 6 rings (SSSR count). The average molecular weight is 483 g/mol. The van der Waals surface area contributed by atoms with E-state index in [2.05, 4.69) is 15.2 Å². The number of aliphatic hydroxyl groups excluding tert-OH is 1. The monoisotopic (exact) mass is 482 g/mol. The highest BCUT2D eigenvalue weighted by atomic mass is 32.2. The Morgan fingerprint density at radius 3 is 3.00 bits per heavy atom. The second kappa shape index (κ2) is 8.96. The van der Waals surface area contributed by atoms with Gasteiger partial charge in [-0.3, -0.25) is 9.78 Å². The number of aryl methyl sites for hydroxylation is 1. The fourth-order valence-electron chi connectivity index (χ4n) is 5.51. The number of rotatable bonds is 5. The van der Waals surface area contributed by atoms with Crippen LogP contribution in [-0.2, 0) is 13.1 Å². The van der Waals surface area contributed by atoms with Gasteiger partial charge in [0.15, 0.2) is 5.75 Å². The lowest BCUT2D eigenvalue weighted by atomic mass is 9.88. The molecule has 0 radical (unpaired) electrons. The first-order valence-electron chi connectivity index (χ1n) is 11.8. The van der Waals surface area contributed by atoms with Crippen molar-refractivity contribution in [3.63, 3.8) is 0 Å². The number of halogens is 1. The number of piperidine rings is 1. The van der Waals surface area contributed by atoms with Gasteiger partial charge in [-0.15, -0.1) is 0 Å². The zero-order chi connectivity index (χ0) is 23.2. The molecule has 3 aromatic rings. The van der Waals surface area contributed by atoms with Crippen LogP contribution in [-0.4, -0.2) is 57.3 Å². The molecule has 3 aliphatic rings. The van der Waals surface area contributed by atoms with Crippen LogP contribution < -0.4 is 15.6 Å². The van der Waals surface area contributed by atoms with Gasteiger partial charge in [0, 0.05) is 49.8 Å². The van der Waals surface area contributed by atoms with Crippen LogP contribution in [0.2, 0.25) is 0 Å². The SMILES string of the molecule is O=c1ccc2ccc(F)c3c2n1CCC3CN1CC[C@H](NCc2cc3c(cn2)OCS3)[C@H](O)C1. The predicted molar refractivity (Wildman–Crippen MR) is 129 cm³/mol. The maximum atomic E-state index is 14.9. The molecule has 0 saturated carbocycles. The largest absolute Gasteiger partial charge is 0.480 e. The highest BCUT2D eigenvalue weighted by Gasteiger charge is 2.32. The van der Waals surface area contributed by atoms with Crippen LogP contribution in [0.5, 0.6) is 5.75 Å². The van der Waals surface area contributed by atoms with E-state index >= 15 is 0 Å². The van der Waals surface area contributed by atoms with Gasteiger partial charge in [0.05, 0.1) is 28.4 Å². The van der Waals surface area contributed by atoms with Gasteiger partial charge < -0.3 is 24.6 Å². The summed E-state index contributed by atoms with van der Waals surface area (Å²) in [5.74, 6) is 1.22. The molecule has 0 amide bonds. The summed E-state index contributed by atoms with van der Waals surface area (Å²) in [7, 11) is 0. The normalized spacial score (nSPS) is 24.2. The number of ether oxygens (including phenoxy) is 1. The van der Waals surface area contributed by atoms with Crippen LogP contribution in [0, 0.1) is 5.82 Å². The first-order chi connectivity index (χ1) is 16.6. The van der Waals surface area contributed by atoms with Gasteiger partial charge in [-0.1, -0.05) is 11.8 Å². The van der Waals surface area contributed by atoms with Gasteiger partial charge in [0.1, 0.15) is 11.8 Å². The molecule has 0 spiro atoms. The van der Waals surface area contributed by atoms with E-state index in [1.165, 1.54) is 6.07 Å². The number of fused-ring (bicyclic) bond motifs is 1. The summed E-state index contributed by atoms with van der Waals surface area (Å²) in [5.41, 5.74) is 2.22. The molecule has 1 saturated heterocycles. The molecule has 9 heteroatoms. The summed E-state index contributed by atoms with van der Waals surface area (Å²) >= 11 is 1.66. The van der Waals surface area contributed by atoms with Crippen molar-refractivity contribution in [2.75, 3.05) is 25.6 Å². The first kappa shape index (κ1) is 22.0. The number of β-amino-alcohol motifs (C(OH)–C–C–N with tert-alkyl or cyclic N) is 1. The second-order valence-corrected chi connectivity index (χ2v) is 10.3. The Morgan fingerprint density at radius 1 is 1.24 bits per heavy atom. The first-order valence-corrected chi connectivity index (χ1v) is 12.8. The molecule has 1 aromatic carbocycles. The molecule has 3 atom stereocenters. The van der Waals surface area contributed by atoms with Crippen molar-refractivity contribution < 1.29 is 14.2 Å². The zero-order valence-electron chi connectivity index (χ0n) is 18.7. The summed E-state index contributed by atoms with van der Waals surface area (Å²) < 4.78 is 22.1. The van der Waals surface area contributed by atoms with E-state index in [-0.39, 0.29) is 23.3 Å². The van der Waals surface area contributed by atoms with Crippen molar-refractivity contribution in [3.8, 4) is 5.75 Å². The number of hydrogen-bond acceptors (Lipinski definition) is 7. The Kier molecular flexibility index (Phi) is 5.81. The lowest BCUT2D eigenvalue weighted by Crippen LogP contribution is -2.53. The Bertz CT molecular complexity index is 1300. The van der Waals surface area contributed by atoms with Crippen molar-refractivity contribution in [2.45, 2.75) is 48.9 Å². The molecule has 2 N–H and O–H groups in total. The van der Waals surface area contributed by atoms with Crippen LogP contribution in [0.25, 0.3) is 10.9 Å². The molecule has 1 fully saturated rings. The maximum absolute atomic E-state index is 14.9. The molecule has 0 aliphatic carbocycles. The van der Waals surface area contributed by atoms with Gasteiger partial charge in [-0.05, 0) is 49.0 Å². The topological polar surface area (TPSA) is 79.6 Å². The van der Waals surface area contributed by atoms with Crippen LogP contribution in [0.3, 0.4) is 0 Å². The standard InChI is InChI=1S/C25H27FN4O3S/c26-18-3-1-15-2-4-23(32)30-8-5-16(24(18)25(15)30)12-29-7-6-19(20(31)13-29)28-10-17-9-22-21(11-27-17)33-14-34-22/h1-4,9,11,16,19-20,28,31H,5-8,10,12-14H2/t16?,19-,20+/m0/s1. The molecular formula is C25H27FN4O3S. The number of hydrogen-bond donors (Lipinski definition) is 2. The third-order valence-corrected chi connectivity index (χ3v) is 8.12. The van der Waals surface area contributed by atoms with Gasteiger partial charge in [0.25, 0.3) is 5.56 Å². The number of nitrogens with zero attached hydrogens (tertiary/aromatic N) is 3. The Hall–Kier alpha value is -2.46. The van der Waals surface area contributed by atoms with E-state index in [0.717, 1.165) is 40.2 Å². The molecule has 178 valence electrons. The van der Waals surface area contributed by atoms with E-state index < -0.39 is 6.10 Å². The third kappa shape index (κ3) is 4.00. The molecule has 1 unspecified atom stereocenters. The van der Waals surface area contributed by atoms with E-state index in [9.17, 15) is 14.3 Å². The highest BCUT2D eigenvalue weighted by molar-refractivity contribution is 7.99.